The SMILES string of the molecule is [2H]N=P.[2H]S.[Ir].[c-]1ccccc1-c1cc(-c2ccccc2)ccn1.[c-]1ccccc1-c1ccccn1.c1cc2c3c(c1)ccc[n+]3CO2.c1ccc(N(c2ccc(-c3ccc(N(c4ccccc4)c4cccc5ccccc45)cc3)cc2)c2cccc3ccccc23)cc1.c1ccc2c(c1)c1ccccc1n2-c1ccc2sc3c(-n4c5ccccc5c5ccccc54)nccc3c2c1. The molecule has 1 radical (unpaired) electrons. The Balaban J connectivity index is 0.000000121. The number of benzene rings is 17. The fraction of sp³-hybridized carbons (Fsp3) is 0.00855. The molecule has 1 aliphatic heterocycles. The van der Waals surface area contributed by atoms with Crippen LogP contribution < -0.4 is 19.1 Å². The number of thiophene rings is 1. The predicted molar refractivity (Wildman–Crippen MR) is 551 cm³/mol. The zero-order chi connectivity index (χ0) is 89.3. The quantitative estimate of drug-likeness (QED) is 0.0744. The molecule has 1 aliphatic rings. The Hall–Kier alpha value is -15.6. The van der Waals surface area contributed by atoms with E-state index in [0.29, 0.717) is 6.73 Å². The fourth-order valence-corrected chi connectivity index (χ4v) is 18.6. The predicted octanol–water partition coefficient (Wildman–Crippen LogP) is 31.5. The van der Waals surface area contributed by atoms with Crippen LogP contribution in [0.5, 0.6) is 5.75 Å². The number of para-hydroxylation sites is 7. The average molecular weight is 1920 g/mol. The minimum absolute atomic E-state index is 0. The Kier molecular flexibility index (Phi) is 25.7. The molecular weight excluding hydrogens is 1830 g/mol. The van der Waals surface area contributed by atoms with Crippen LogP contribution in [0.25, 0.3) is 153 Å². The van der Waals surface area contributed by atoms with Gasteiger partial charge in [0.1, 0.15) is 0 Å². The molecule has 25 rings (SSSR count). The first kappa shape index (κ1) is 83.6. The summed E-state index contributed by atoms with van der Waals surface area (Å²) in [6, 6.07) is 166. The van der Waals surface area contributed by atoms with Gasteiger partial charge in [0.2, 0.25) is 0 Å². The van der Waals surface area contributed by atoms with Gasteiger partial charge in [0.15, 0.2) is 19.2 Å². The van der Waals surface area contributed by atoms with E-state index in [-0.39, 0.29) is 20.1 Å². The standard InChI is InChI=1S/C44H32N2.C35H21N3S.C17H12N.C11H8N.C10H8NO.Ir.H2NP.H2S/c1-3-17-37(18-4-1)45(43-23-11-15-35-13-7-9-21-41(35)43)39-29-25-33(26-30-39)34-27-31-40(32-28-34)46(38-19-5-2-6-20-38)44-24-12-16-36-14-8-10-22-42(36)44;1-5-13-29-23(9-1)24-10-2-6-14-30(24)37(29)22-17-18-33-28(21-22)27-19-20-36-35(34(27)39-33)38-31-15-7-3-11-25(31)26-12-4-8-16-32(26)38;1-3-7-14(8-4-1)16-11-12-18-17(13-16)15-9-5-2-6-10-15;1-2-6-10(7-3-1)11-8-4-5-9-12-11;1-3-8-4-2-6-11-7-12-9(5-1)10(8)11;;1-2;/h1-32H;1-21H;1-9,11-13H;1-6,8-9H;1-6H,7H2;;1-2H;1H2/q;;2*-1;+1;;;/i/hD2. The van der Waals surface area contributed by atoms with Crippen LogP contribution in [-0.2, 0) is 26.8 Å². The van der Waals surface area contributed by atoms with Gasteiger partial charge < -0.3 is 29.1 Å². The molecule has 0 saturated heterocycles. The number of rotatable bonds is 12. The molecule has 0 spiro atoms. The van der Waals surface area contributed by atoms with Crippen LogP contribution >= 0.6 is 33.8 Å². The molecule has 0 aliphatic carbocycles. The molecule has 1 N–H and O–H groups in total. The zero-order valence-electron chi connectivity index (χ0n) is 72.9. The monoisotopic (exact) mass is 1920 g/mol. The van der Waals surface area contributed by atoms with E-state index in [1.54, 1.807) is 6.20 Å². The summed E-state index contributed by atoms with van der Waals surface area (Å²) < 4.78 is 26.0. The van der Waals surface area contributed by atoms with Gasteiger partial charge in [-0.25, -0.2) is 4.98 Å². The van der Waals surface area contributed by atoms with Crippen molar-refractivity contribution < 1.29 is 30.8 Å². The summed E-state index contributed by atoms with van der Waals surface area (Å²) in [4.78, 5) is 18.3. The van der Waals surface area contributed by atoms with Crippen molar-refractivity contribution in [2.45, 2.75) is 6.73 Å². The van der Waals surface area contributed by atoms with Gasteiger partial charge in [0, 0.05) is 121 Å². The van der Waals surface area contributed by atoms with Crippen molar-refractivity contribution in [3.05, 3.63) is 492 Å². The van der Waals surface area contributed by atoms with Gasteiger partial charge in [0.05, 0.1) is 44.7 Å². The van der Waals surface area contributed by atoms with E-state index in [1.165, 1.54) is 124 Å². The van der Waals surface area contributed by atoms with E-state index in [2.05, 4.69) is 419 Å². The Morgan fingerprint density at radius 1 is 0.359 bits per heavy atom. The summed E-state index contributed by atoms with van der Waals surface area (Å²) in [6.45, 7) is 0.649. The molecule has 10 nitrogen and oxygen atoms in total. The molecule has 131 heavy (non-hydrogen) atoms. The van der Waals surface area contributed by atoms with Crippen molar-refractivity contribution in [1.29, 1.82) is 6.28 Å². The number of ether oxygens (including phenoxy) is 1. The van der Waals surface area contributed by atoms with E-state index in [1.807, 2.05) is 139 Å². The van der Waals surface area contributed by atoms with Crippen molar-refractivity contribution >= 4 is 164 Å². The molecule has 24 aromatic rings. The molecular formula is C117H85IrN9OPS2-. The maximum Gasteiger partial charge on any atom is 0.293 e. The number of hydrogen-bond donors (Lipinski definition) is 1. The molecule has 0 bridgehead atoms. The van der Waals surface area contributed by atoms with Gasteiger partial charge in [-0.1, -0.05) is 261 Å². The number of aromatic nitrogens is 6. The van der Waals surface area contributed by atoms with Crippen molar-refractivity contribution in [3.8, 4) is 62.0 Å². The Bertz CT molecular complexity index is 7700. The third-order valence-electron chi connectivity index (χ3n) is 23.3. The van der Waals surface area contributed by atoms with Crippen molar-refractivity contribution in [2.75, 3.05) is 9.80 Å². The Morgan fingerprint density at radius 2 is 0.794 bits per heavy atom. The third-order valence-corrected chi connectivity index (χ3v) is 24.5. The molecule has 631 valence electrons. The third kappa shape index (κ3) is 17.9. The maximum absolute atomic E-state index is 5.75. The normalized spacial score (nSPS) is 11.2. The van der Waals surface area contributed by atoms with Gasteiger partial charge in [-0.05, 0) is 193 Å². The van der Waals surface area contributed by atoms with Crippen LogP contribution in [0.15, 0.2) is 480 Å². The van der Waals surface area contributed by atoms with Crippen molar-refractivity contribution in [2.24, 2.45) is 0 Å². The maximum atomic E-state index is 5.75. The topological polar surface area (TPSA) is 92.0 Å². The van der Waals surface area contributed by atoms with Gasteiger partial charge in [0.25, 0.3) is 12.2 Å². The van der Waals surface area contributed by atoms with Crippen molar-refractivity contribution in [1.82, 2.24) is 24.1 Å². The first-order valence-electron chi connectivity index (χ1n) is 43.7. The minimum atomic E-state index is 0. The number of nitrogens with one attached hydrogen (secondary N) is 1. The molecule has 0 atom stereocenters. The Morgan fingerprint density at radius 3 is 1.33 bits per heavy atom. The van der Waals surface area contributed by atoms with Gasteiger partial charge in [-0.2, -0.15) is 18.0 Å². The summed E-state index contributed by atoms with van der Waals surface area (Å²) in [6.07, 6.45) is 7.63. The summed E-state index contributed by atoms with van der Waals surface area (Å²) in [5, 5.41) is 16.3. The van der Waals surface area contributed by atoms with Crippen LogP contribution in [0.3, 0.4) is 0 Å². The molecule has 0 unspecified atom stereocenters. The Labute approximate surface area is 789 Å². The number of fused-ring (bicyclic) bond motifs is 11. The van der Waals surface area contributed by atoms with E-state index in [9.17, 15) is 0 Å². The molecule has 8 heterocycles. The van der Waals surface area contributed by atoms with Gasteiger partial charge in [-0.3, -0.25) is 9.72 Å². The fourth-order valence-electron chi connectivity index (χ4n) is 17.4. The molecule has 0 saturated carbocycles. The molecule has 17 aromatic carbocycles. The van der Waals surface area contributed by atoms with Gasteiger partial charge >= 0.3 is 0 Å². The second-order valence-corrected chi connectivity index (χ2v) is 32.0. The summed E-state index contributed by atoms with van der Waals surface area (Å²) >= 11 is 4.60. The first-order valence-corrected chi connectivity index (χ1v) is 44.1. The van der Waals surface area contributed by atoms with E-state index >= 15 is 0 Å². The van der Waals surface area contributed by atoms with E-state index < -0.39 is 0 Å². The van der Waals surface area contributed by atoms with Crippen LogP contribution in [-0.4, -0.2) is 25.2 Å². The average Bonchev–Trinajstić information content (AvgIpc) is 1.60. The molecule has 7 aromatic heterocycles. The molecule has 0 amide bonds. The van der Waals surface area contributed by atoms with Crippen molar-refractivity contribution in [3.63, 3.8) is 0 Å². The second kappa shape index (κ2) is 40.2. The van der Waals surface area contributed by atoms with Crippen LogP contribution in [0.4, 0.5) is 34.1 Å². The van der Waals surface area contributed by atoms with Gasteiger partial charge in [-0.15, -0.1) is 83.1 Å². The number of hydrogen-bond acceptors (Lipinski definition) is 8. The number of nitrogens with zero attached hydrogens (tertiary/aromatic N) is 8. The van der Waals surface area contributed by atoms with Crippen LogP contribution in [0.1, 0.15) is 0 Å². The molecule has 0 fully saturated rings. The smallest absolute Gasteiger partial charge is 0.293 e. The largest absolute Gasteiger partial charge is 0.429 e. The van der Waals surface area contributed by atoms with E-state index in [4.69, 9.17) is 12.3 Å². The summed E-state index contributed by atoms with van der Waals surface area (Å²) in [5.74, 6) is 1.98. The summed E-state index contributed by atoms with van der Waals surface area (Å²) in [7, 11) is 2.48. The first-order chi connectivity index (χ1) is 65.5. The number of pyridine rings is 4. The summed E-state index contributed by atoms with van der Waals surface area (Å²) in [5.41, 5.74) is 22.8. The molecule has 14 heteroatoms. The zero-order valence-corrected chi connectivity index (χ0v) is 76.0. The number of anilines is 6. The van der Waals surface area contributed by atoms with E-state index in [0.717, 1.165) is 68.2 Å². The van der Waals surface area contributed by atoms with Crippen LogP contribution in [0, 0.1) is 17.3 Å². The van der Waals surface area contributed by atoms with Crippen LogP contribution in [0.2, 0.25) is 1.41 Å². The minimum Gasteiger partial charge on any atom is -0.429 e. The second-order valence-electron chi connectivity index (χ2n) is 31.0.